The summed E-state index contributed by atoms with van der Waals surface area (Å²) in [5.41, 5.74) is 1.31. The summed E-state index contributed by atoms with van der Waals surface area (Å²) in [6, 6.07) is 8.29. The van der Waals surface area contributed by atoms with Crippen molar-refractivity contribution in [1.29, 1.82) is 0 Å². The van der Waals surface area contributed by atoms with Crippen molar-refractivity contribution in [3.05, 3.63) is 34.3 Å². The van der Waals surface area contributed by atoms with Crippen LogP contribution >= 0.6 is 15.9 Å². The number of hydrogen-bond acceptors (Lipinski definition) is 1. The first-order chi connectivity index (χ1) is 4.83. The van der Waals surface area contributed by atoms with E-state index in [0.717, 1.165) is 11.0 Å². The minimum Gasteiger partial charge on any atom is -0.316 e. The van der Waals surface area contributed by atoms with Crippen LogP contribution in [0.15, 0.2) is 28.7 Å². The molecule has 0 radical (unpaired) electrons. The summed E-state index contributed by atoms with van der Waals surface area (Å²) >= 11 is 3.38. The Labute approximate surface area is 69.6 Å². The Kier molecular flexibility index (Phi) is 2.90. The van der Waals surface area contributed by atoms with Crippen LogP contribution in [0, 0.1) is 0 Å². The predicted molar refractivity (Wildman–Crippen MR) is 46.9 cm³/mol. The highest BCUT2D eigenvalue weighted by Crippen LogP contribution is 2.09. The lowest BCUT2D eigenvalue weighted by atomic mass is 10.2. The molecule has 0 saturated carbocycles. The van der Waals surface area contributed by atoms with E-state index in [2.05, 4.69) is 33.4 Å². The largest absolute Gasteiger partial charge is 0.316 e. The van der Waals surface area contributed by atoms with Gasteiger partial charge in [0.1, 0.15) is 0 Å². The van der Waals surface area contributed by atoms with E-state index >= 15 is 0 Å². The molecule has 0 fully saturated rings. The zero-order valence-electron chi connectivity index (χ0n) is 5.89. The molecule has 0 aliphatic rings. The Morgan fingerprint density at radius 1 is 1.30 bits per heavy atom. The summed E-state index contributed by atoms with van der Waals surface area (Å²) in [5.74, 6) is 0. The van der Waals surface area contributed by atoms with Gasteiger partial charge in [-0.2, -0.15) is 0 Å². The van der Waals surface area contributed by atoms with E-state index in [1.807, 2.05) is 19.2 Å². The fraction of sp³-hybridized carbons (Fsp3) is 0.250. The maximum Gasteiger partial charge on any atom is 0.0202 e. The first kappa shape index (κ1) is 7.76. The van der Waals surface area contributed by atoms with Gasteiger partial charge in [-0.3, -0.25) is 0 Å². The number of halogens is 1. The molecule has 0 atom stereocenters. The van der Waals surface area contributed by atoms with Crippen LogP contribution in [0.1, 0.15) is 5.56 Å². The molecule has 10 heavy (non-hydrogen) atoms. The lowest BCUT2D eigenvalue weighted by Gasteiger charge is -1.97. The Morgan fingerprint density at radius 2 is 1.90 bits per heavy atom. The highest BCUT2D eigenvalue weighted by molar-refractivity contribution is 9.10. The van der Waals surface area contributed by atoms with E-state index in [9.17, 15) is 0 Å². The van der Waals surface area contributed by atoms with Gasteiger partial charge in [0, 0.05) is 11.0 Å². The number of hydrogen-bond donors (Lipinski definition) is 1. The van der Waals surface area contributed by atoms with Gasteiger partial charge in [-0.25, -0.2) is 0 Å². The molecule has 1 rings (SSSR count). The summed E-state index contributed by atoms with van der Waals surface area (Å²) in [7, 11) is 1.95. The average molecular weight is 200 g/mol. The van der Waals surface area contributed by atoms with Crippen molar-refractivity contribution in [2.24, 2.45) is 0 Å². The zero-order chi connectivity index (χ0) is 7.40. The Morgan fingerprint density at radius 3 is 2.40 bits per heavy atom. The Hall–Kier alpha value is -0.340. The smallest absolute Gasteiger partial charge is 0.0202 e. The summed E-state index contributed by atoms with van der Waals surface area (Å²) in [4.78, 5) is 0. The van der Waals surface area contributed by atoms with E-state index in [1.165, 1.54) is 5.56 Å². The SMILES string of the molecule is CNCc1ccc(Br)cc1. The molecular formula is C8H10BrN. The molecule has 0 aliphatic carbocycles. The maximum absolute atomic E-state index is 3.38. The minimum absolute atomic E-state index is 0.938. The van der Waals surface area contributed by atoms with Crippen molar-refractivity contribution in [2.45, 2.75) is 6.54 Å². The Balaban J connectivity index is 2.69. The third-order valence-corrected chi connectivity index (χ3v) is 1.82. The first-order valence-corrected chi connectivity index (χ1v) is 4.01. The molecule has 54 valence electrons. The van der Waals surface area contributed by atoms with Crippen molar-refractivity contribution in [3.8, 4) is 0 Å². The van der Waals surface area contributed by atoms with Gasteiger partial charge in [0.15, 0.2) is 0 Å². The van der Waals surface area contributed by atoms with Crippen LogP contribution in [-0.4, -0.2) is 7.05 Å². The van der Waals surface area contributed by atoms with Gasteiger partial charge in [0.25, 0.3) is 0 Å². The van der Waals surface area contributed by atoms with Crippen molar-refractivity contribution < 1.29 is 0 Å². The van der Waals surface area contributed by atoms with Gasteiger partial charge >= 0.3 is 0 Å². The molecule has 0 bridgehead atoms. The third-order valence-electron chi connectivity index (χ3n) is 1.29. The number of nitrogens with one attached hydrogen (secondary N) is 1. The summed E-state index contributed by atoms with van der Waals surface area (Å²) in [5, 5.41) is 3.09. The molecule has 1 aromatic carbocycles. The molecule has 0 aromatic heterocycles. The fourth-order valence-electron chi connectivity index (χ4n) is 0.806. The average Bonchev–Trinajstić information content (AvgIpc) is 1.95. The first-order valence-electron chi connectivity index (χ1n) is 3.22. The number of rotatable bonds is 2. The van der Waals surface area contributed by atoms with Gasteiger partial charge in [0.05, 0.1) is 0 Å². The topological polar surface area (TPSA) is 12.0 Å². The maximum atomic E-state index is 3.38. The van der Waals surface area contributed by atoms with Gasteiger partial charge < -0.3 is 5.32 Å². The lowest BCUT2D eigenvalue weighted by Crippen LogP contribution is -2.04. The van der Waals surface area contributed by atoms with Crippen LogP contribution in [0.3, 0.4) is 0 Å². The molecule has 1 nitrogen and oxygen atoms in total. The standard InChI is InChI=1S/C8H10BrN/c1-10-6-7-2-4-8(9)5-3-7/h2-5,10H,6H2,1H3. The molecule has 2 heteroatoms. The van der Waals surface area contributed by atoms with Crippen LogP contribution in [0.5, 0.6) is 0 Å². The second kappa shape index (κ2) is 3.74. The lowest BCUT2D eigenvalue weighted by molar-refractivity contribution is 0.818. The second-order valence-electron chi connectivity index (χ2n) is 2.16. The summed E-state index contributed by atoms with van der Waals surface area (Å²) in [6.07, 6.45) is 0. The quantitative estimate of drug-likeness (QED) is 0.771. The molecule has 0 amide bonds. The molecular weight excluding hydrogens is 190 g/mol. The fourth-order valence-corrected chi connectivity index (χ4v) is 1.07. The second-order valence-corrected chi connectivity index (χ2v) is 3.07. The number of benzene rings is 1. The van der Waals surface area contributed by atoms with Crippen molar-refractivity contribution in [2.75, 3.05) is 7.05 Å². The van der Waals surface area contributed by atoms with Crippen LogP contribution in [0.4, 0.5) is 0 Å². The van der Waals surface area contributed by atoms with Crippen molar-refractivity contribution in [3.63, 3.8) is 0 Å². The van der Waals surface area contributed by atoms with E-state index in [-0.39, 0.29) is 0 Å². The monoisotopic (exact) mass is 199 g/mol. The molecule has 0 unspecified atom stereocenters. The van der Waals surface area contributed by atoms with Crippen molar-refractivity contribution in [1.82, 2.24) is 5.32 Å². The molecule has 0 spiro atoms. The van der Waals surface area contributed by atoms with Gasteiger partial charge in [0.2, 0.25) is 0 Å². The highest BCUT2D eigenvalue weighted by Gasteiger charge is 1.88. The highest BCUT2D eigenvalue weighted by atomic mass is 79.9. The normalized spacial score (nSPS) is 9.80. The van der Waals surface area contributed by atoms with Crippen LogP contribution in [0.25, 0.3) is 0 Å². The molecule has 0 aliphatic heterocycles. The predicted octanol–water partition coefficient (Wildman–Crippen LogP) is 2.17. The molecule has 0 heterocycles. The van der Waals surface area contributed by atoms with Crippen molar-refractivity contribution >= 4 is 15.9 Å². The van der Waals surface area contributed by atoms with Gasteiger partial charge in [-0.15, -0.1) is 0 Å². The minimum atomic E-state index is 0.938. The molecule has 0 saturated heterocycles. The Bertz CT molecular complexity index is 193. The molecule has 1 aromatic rings. The van der Waals surface area contributed by atoms with Gasteiger partial charge in [-0.1, -0.05) is 28.1 Å². The summed E-state index contributed by atoms with van der Waals surface area (Å²) < 4.78 is 1.13. The summed E-state index contributed by atoms with van der Waals surface area (Å²) in [6.45, 7) is 0.938. The van der Waals surface area contributed by atoms with E-state index in [1.54, 1.807) is 0 Å². The van der Waals surface area contributed by atoms with Crippen LogP contribution in [0.2, 0.25) is 0 Å². The molecule has 1 N–H and O–H groups in total. The van der Waals surface area contributed by atoms with Crippen LogP contribution < -0.4 is 5.32 Å². The van der Waals surface area contributed by atoms with E-state index < -0.39 is 0 Å². The third kappa shape index (κ3) is 2.12. The van der Waals surface area contributed by atoms with Gasteiger partial charge in [-0.05, 0) is 24.7 Å². The van der Waals surface area contributed by atoms with Crippen LogP contribution in [-0.2, 0) is 6.54 Å². The van der Waals surface area contributed by atoms with E-state index in [4.69, 9.17) is 0 Å². The zero-order valence-corrected chi connectivity index (χ0v) is 7.48. The van der Waals surface area contributed by atoms with E-state index in [0.29, 0.717) is 0 Å².